The molecule has 8 heteroatoms. The number of rotatable bonds is 2. The van der Waals surface area contributed by atoms with Crippen molar-refractivity contribution in [2.45, 2.75) is 6.23 Å². The summed E-state index contributed by atoms with van der Waals surface area (Å²) in [6.07, 6.45) is -1.07. The molecule has 2 aromatic heterocycles. The van der Waals surface area contributed by atoms with Crippen molar-refractivity contribution in [1.82, 2.24) is 9.97 Å². The van der Waals surface area contributed by atoms with Gasteiger partial charge in [-0.1, -0.05) is 0 Å². The summed E-state index contributed by atoms with van der Waals surface area (Å²) in [6, 6.07) is 7.06. The number of anilines is 1. The van der Waals surface area contributed by atoms with E-state index >= 15 is 0 Å². The lowest BCUT2D eigenvalue weighted by atomic mass is 10.3. The average Bonchev–Trinajstić information content (AvgIpc) is 2.85. The molecule has 0 aliphatic carbocycles. The Morgan fingerprint density at radius 1 is 1.35 bits per heavy atom. The van der Waals surface area contributed by atoms with Gasteiger partial charge < -0.3 is 14.6 Å². The van der Waals surface area contributed by atoms with Crippen molar-refractivity contribution < 1.29 is 19.4 Å². The maximum absolute atomic E-state index is 12.5. The first-order valence-electron chi connectivity index (χ1n) is 7.02. The number of fused-ring (bicyclic) bond motifs is 1. The Hall–Kier alpha value is -2.32. The van der Waals surface area contributed by atoms with Crippen LogP contribution in [0.3, 0.4) is 0 Å². The SMILES string of the molecule is COc1ccc2ccc(N3C(=O)C4=C(SCCO4)C3O)nc2n1. The number of carbonyl (C=O) groups is 1. The molecule has 0 fully saturated rings. The van der Waals surface area contributed by atoms with Gasteiger partial charge in [0.25, 0.3) is 5.91 Å². The number of pyridine rings is 2. The summed E-state index contributed by atoms with van der Waals surface area (Å²) in [5.41, 5.74) is 0.445. The lowest BCUT2D eigenvalue weighted by molar-refractivity contribution is -0.118. The van der Waals surface area contributed by atoms with Gasteiger partial charge in [-0.15, -0.1) is 11.8 Å². The number of thioether (sulfide) groups is 1. The highest BCUT2D eigenvalue weighted by atomic mass is 32.2. The minimum absolute atomic E-state index is 0.217. The number of amides is 1. The van der Waals surface area contributed by atoms with Gasteiger partial charge in [0.05, 0.1) is 18.6 Å². The Morgan fingerprint density at radius 3 is 2.96 bits per heavy atom. The second kappa shape index (κ2) is 5.39. The monoisotopic (exact) mass is 331 g/mol. The van der Waals surface area contributed by atoms with E-state index in [-0.39, 0.29) is 11.7 Å². The number of hydrogen-bond acceptors (Lipinski definition) is 7. The Labute approximate surface area is 135 Å². The van der Waals surface area contributed by atoms with Crippen molar-refractivity contribution in [3.63, 3.8) is 0 Å². The molecule has 7 nitrogen and oxygen atoms in total. The van der Waals surface area contributed by atoms with E-state index in [0.29, 0.717) is 34.6 Å². The fourth-order valence-corrected chi connectivity index (χ4v) is 3.50. The lowest BCUT2D eigenvalue weighted by Crippen LogP contribution is -2.36. The summed E-state index contributed by atoms with van der Waals surface area (Å²) in [6.45, 7) is 0.458. The Balaban J connectivity index is 1.76. The van der Waals surface area contributed by atoms with E-state index in [0.717, 1.165) is 5.39 Å². The minimum Gasteiger partial charge on any atom is -0.486 e. The molecular weight excluding hydrogens is 318 g/mol. The largest absolute Gasteiger partial charge is 0.486 e. The zero-order valence-electron chi connectivity index (χ0n) is 12.2. The first kappa shape index (κ1) is 14.3. The molecule has 1 amide bonds. The van der Waals surface area contributed by atoms with Crippen LogP contribution in [0.4, 0.5) is 5.82 Å². The predicted molar refractivity (Wildman–Crippen MR) is 85.0 cm³/mol. The van der Waals surface area contributed by atoms with Crippen molar-refractivity contribution in [1.29, 1.82) is 0 Å². The molecule has 4 rings (SSSR count). The third-order valence-electron chi connectivity index (χ3n) is 3.67. The van der Waals surface area contributed by atoms with E-state index in [4.69, 9.17) is 9.47 Å². The quantitative estimate of drug-likeness (QED) is 0.887. The molecule has 0 spiro atoms. The van der Waals surface area contributed by atoms with E-state index < -0.39 is 6.23 Å². The molecule has 1 unspecified atom stereocenters. The smallest absolute Gasteiger partial charge is 0.297 e. The average molecular weight is 331 g/mol. The number of hydrogen-bond donors (Lipinski definition) is 1. The van der Waals surface area contributed by atoms with Gasteiger partial charge in [0.15, 0.2) is 17.6 Å². The number of aromatic nitrogens is 2. The van der Waals surface area contributed by atoms with Crippen LogP contribution in [0.25, 0.3) is 11.0 Å². The molecular formula is C15H13N3O4S. The second-order valence-electron chi connectivity index (χ2n) is 5.01. The molecule has 0 saturated carbocycles. The fraction of sp³-hybridized carbons (Fsp3) is 0.267. The standard InChI is InChI=1S/C15H13N3O4S/c1-21-10-5-3-8-2-4-9(16-13(8)17-10)18-14(19)11-12(15(18)20)23-7-6-22-11/h2-5,15,20H,6-7H2,1H3. The second-order valence-corrected chi connectivity index (χ2v) is 6.15. The number of ether oxygens (including phenoxy) is 2. The fourth-order valence-electron chi connectivity index (χ4n) is 2.58. The number of carbonyl (C=O) groups excluding carboxylic acids is 1. The first-order chi connectivity index (χ1) is 11.2. The third-order valence-corrected chi connectivity index (χ3v) is 4.75. The molecule has 0 aromatic carbocycles. The maximum Gasteiger partial charge on any atom is 0.297 e. The molecule has 1 atom stereocenters. The van der Waals surface area contributed by atoms with Crippen LogP contribution >= 0.6 is 11.8 Å². The van der Waals surface area contributed by atoms with Gasteiger partial charge in [-0.2, -0.15) is 4.98 Å². The molecule has 4 heterocycles. The molecule has 2 aromatic rings. The number of methoxy groups -OCH3 is 1. The highest BCUT2D eigenvalue weighted by Crippen LogP contribution is 2.38. The highest BCUT2D eigenvalue weighted by molar-refractivity contribution is 8.03. The van der Waals surface area contributed by atoms with Crippen LogP contribution in [-0.2, 0) is 9.53 Å². The van der Waals surface area contributed by atoms with E-state index in [1.54, 1.807) is 18.2 Å². The minimum atomic E-state index is -1.07. The van der Waals surface area contributed by atoms with Crippen LogP contribution in [0.5, 0.6) is 5.88 Å². The molecule has 2 aliphatic heterocycles. The van der Waals surface area contributed by atoms with Gasteiger partial charge in [0.1, 0.15) is 5.82 Å². The summed E-state index contributed by atoms with van der Waals surface area (Å²) in [7, 11) is 1.53. The molecule has 0 radical (unpaired) electrons. The van der Waals surface area contributed by atoms with Crippen LogP contribution in [0, 0.1) is 0 Å². The predicted octanol–water partition coefficient (Wildman–Crippen LogP) is 1.28. The van der Waals surface area contributed by atoms with Crippen LogP contribution < -0.4 is 9.64 Å². The van der Waals surface area contributed by atoms with Crippen LogP contribution in [0.15, 0.2) is 34.9 Å². The third kappa shape index (κ3) is 2.22. The topological polar surface area (TPSA) is 84.8 Å². The zero-order chi connectivity index (χ0) is 16.0. The van der Waals surface area contributed by atoms with Crippen LogP contribution in [0.1, 0.15) is 0 Å². The van der Waals surface area contributed by atoms with Gasteiger partial charge in [0, 0.05) is 17.2 Å². The Morgan fingerprint density at radius 2 is 2.17 bits per heavy atom. The van der Waals surface area contributed by atoms with Gasteiger partial charge >= 0.3 is 0 Å². The Kier molecular flexibility index (Phi) is 3.35. The zero-order valence-corrected chi connectivity index (χ0v) is 13.0. The molecule has 1 N–H and O–H groups in total. The van der Waals surface area contributed by atoms with Gasteiger partial charge in [-0.25, -0.2) is 4.98 Å². The van der Waals surface area contributed by atoms with Gasteiger partial charge in [-0.05, 0) is 18.2 Å². The number of aliphatic hydroxyl groups is 1. The van der Waals surface area contributed by atoms with Crippen LogP contribution in [0.2, 0.25) is 0 Å². The summed E-state index contributed by atoms with van der Waals surface area (Å²) >= 11 is 1.43. The van der Waals surface area contributed by atoms with E-state index in [2.05, 4.69) is 9.97 Å². The lowest BCUT2D eigenvalue weighted by Gasteiger charge is -2.20. The summed E-state index contributed by atoms with van der Waals surface area (Å²) in [4.78, 5) is 22.9. The maximum atomic E-state index is 12.5. The van der Waals surface area contributed by atoms with Crippen molar-refractivity contribution in [3.05, 3.63) is 34.9 Å². The summed E-state index contributed by atoms with van der Waals surface area (Å²) in [5, 5.41) is 11.3. The highest BCUT2D eigenvalue weighted by Gasteiger charge is 2.43. The number of nitrogens with zero attached hydrogens (tertiary/aromatic N) is 3. The molecule has 118 valence electrons. The molecule has 0 bridgehead atoms. The van der Waals surface area contributed by atoms with E-state index in [1.807, 2.05) is 6.07 Å². The summed E-state index contributed by atoms with van der Waals surface area (Å²) in [5.74, 6) is 1.31. The van der Waals surface area contributed by atoms with Crippen molar-refractivity contribution in [2.75, 3.05) is 24.4 Å². The van der Waals surface area contributed by atoms with Crippen molar-refractivity contribution in [3.8, 4) is 5.88 Å². The van der Waals surface area contributed by atoms with E-state index in [9.17, 15) is 9.90 Å². The molecule has 0 saturated heterocycles. The van der Waals surface area contributed by atoms with Gasteiger partial charge in [0.2, 0.25) is 5.88 Å². The van der Waals surface area contributed by atoms with Crippen LogP contribution in [-0.4, -0.2) is 46.7 Å². The van der Waals surface area contributed by atoms with Crippen molar-refractivity contribution >= 4 is 34.5 Å². The normalized spacial score (nSPS) is 20.7. The van der Waals surface area contributed by atoms with Gasteiger partial charge in [-0.3, -0.25) is 9.69 Å². The summed E-state index contributed by atoms with van der Waals surface area (Å²) < 4.78 is 10.5. The Bertz CT molecular complexity index is 839. The molecule has 23 heavy (non-hydrogen) atoms. The first-order valence-corrected chi connectivity index (χ1v) is 8.01. The molecule has 2 aliphatic rings. The number of aliphatic hydroxyl groups excluding tert-OH is 1. The van der Waals surface area contributed by atoms with Crippen molar-refractivity contribution in [2.24, 2.45) is 0 Å². The van der Waals surface area contributed by atoms with E-state index in [1.165, 1.54) is 23.8 Å².